The first-order valence-corrected chi connectivity index (χ1v) is 9.63. The molecular formula is C21H22ClFN2O3. The second-order valence-electron chi connectivity index (χ2n) is 6.53. The first-order valence-electron chi connectivity index (χ1n) is 9.25. The summed E-state index contributed by atoms with van der Waals surface area (Å²) < 4.78 is 19.6. The molecule has 0 N–H and O–H groups in total. The van der Waals surface area contributed by atoms with Gasteiger partial charge in [-0.25, -0.2) is 4.39 Å². The van der Waals surface area contributed by atoms with Crippen molar-refractivity contribution in [3.05, 3.63) is 64.9 Å². The van der Waals surface area contributed by atoms with E-state index in [9.17, 15) is 14.0 Å². The van der Waals surface area contributed by atoms with Gasteiger partial charge in [0.05, 0.1) is 23.6 Å². The van der Waals surface area contributed by atoms with Gasteiger partial charge in [-0.3, -0.25) is 9.59 Å². The van der Waals surface area contributed by atoms with Crippen molar-refractivity contribution < 1.29 is 18.7 Å². The summed E-state index contributed by atoms with van der Waals surface area (Å²) >= 11 is 6.01. The highest BCUT2D eigenvalue weighted by molar-refractivity contribution is 6.33. The summed E-state index contributed by atoms with van der Waals surface area (Å²) in [5.74, 6) is -0.364. The number of carbonyl (C=O) groups is 2. The van der Waals surface area contributed by atoms with Gasteiger partial charge in [0.25, 0.3) is 5.91 Å². The van der Waals surface area contributed by atoms with Crippen LogP contribution in [-0.2, 0) is 4.79 Å². The van der Waals surface area contributed by atoms with Gasteiger partial charge < -0.3 is 14.5 Å². The first kappa shape index (κ1) is 20.1. The van der Waals surface area contributed by atoms with Crippen LogP contribution in [0.5, 0.6) is 5.75 Å². The number of nitrogens with zero attached hydrogens (tertiary/aromatic N) is 2. The number of hydrogen-bond acceptors (Lipinski definition) is 3. The molecule has 7 heteroatoms. The van der Waals surface area contributed by atoms with Crippen LogP contribution >= 0.6 is 11.6 Å². The lowest BCUT2D eigenvalue weighted by molar-refractivity contribution is -0.131. The predicted octanol–water partition coefficient (Wildman–Crippen LogP) is 3.62. The van der Waals surface area contributed by atoms with Crippen LogP contribution in [0.15, 0.2) is 48.5 Å². The molecule has 0 aliphatic carbocycles. The van der Waals surface area contributed by atoms with Crippen LogP contribution in [0.1, 0.15) is 23.2 Å². The molecule has 1 aliphatic heterocycles. The van der Waals surface area contributed by atoms with E-state index in [2.05, 4.69) is 0 Å². The van der Waals surface area contributed by atoms with Gasteiger partial charge in [-0.2, -0.15) is 0 Å². The summed E-state index contributed by atoms with van der Waals surface area (Å²) in [6, 6.07) is 13.5. The number of para-hydroxylation sites is 1. The van der Waals surface area contributed by atoms with Crippen LogP contribution < -0.4 is 4.74 Å². The Balaban J connectivity index is 1.53. The molecule has 0 spiro atoms. The molecule has 5 nitrogen and oxygen atoms in total. The maximum Gasteiger partial charge on any atom is 0.258 e. The van der Waals surface area contributed by atoms with Crippen LogP contribution in [0.2, 0.25) is 5.02 Å². The molecule has 0 bridgehead atoms. The third-order valence-electron chi connectivity index (χ3n) is 4.64. The molecule has 0 unspecified atom stereocenters. The van der Waals surface area contributed by atoms with Gasteiger partial charge in [-0.1, -0.05) is 35.9 Å². The summed E-state index contributed by atoms with van der Waals surface area (Å²) in [5, 5.41) is 0.0974. The van der Waals surface area contributed by atoms with Gasteiger partial charge in [-0.05, 0) is 30.7 Å². The maximum absolute atomic E-state index is 14.0. The van der Waals surface area contributed by atoms with Gasteiger partial charge in [0.15, 0.2) is 0 Å². The van der Waals surface area contributed by atoms with E-state index in [1.54, 1.807) is 9.80 Å². The minimum absolute atomic E-state index is 0.0193. The average molecular weight is 405 g/mol. The van der Waals surface area contributed by atoms with Crippen molar-refractivity contribution in [1.82, 2.24) is 9.80 Å². The molecule has 2 amide bonds. The lowest BCUT2D eigenvalue weighted by Gasteiger charge is -2.23. The SMILES string of the molecule is O=C(CCOc1ccccc1)N1CCCN(C(=O)c2c(F)cccc2Cl)CC1. The van der Waals surface area contributed by atoms with Crippen LogP contribution in [0, 0.1) is 5.82 Å². The Morgan fingerprint density at radius 3 is 2.43 bits per heavy atom. The van der Waals surface area contributed by atoms with Crippen molar-refractivity contribution in [2.75, 3.05) is 32.8 Å². The minimum atomic E-state index is -0.632. The Morgan fingerprint density at radius 1 is 0.964 bits per heavy atom. The molecule has 2 aromatic rings. The standard InChI is InChI=1S/C21H22ClFN2O3/c22-17-8-4-9-18(23)20(17)21(27)25-12-5-11-24(13-14-25)19(26)10-15-28-16-6-2-1-3-7-16/h1-4,6-9H,5,10-15H2. The molecule has 2 aromatic carbocycles. The smallest absolute Gasteiger partial charge is 0.258 e. The molecule has 148 valence electrons. The monoisotopic (exact) mass is 404 g/mol. The molecule has 1 heterocycles. The topological polar surface area (TPSA) is 49.9 Å². The Morgan fingerprint density at radius 2 is 1.68 bits per heavy atom. The van der Waals surface area contributed by atoms with E-state index in [-0.39, 0.29) is 22.9 Å². The molecule has 0 saturated carbocycles. The van der Waals surface area contributed by atoms with E-state index in [0.717, 1.165) is 5.75 Å². The first-order chi connectivity index (χ1) is 13.6. The van der Waals surface area contributed by atoms with Crippen LogP contribution in [-0.4, -0.2) is 54.4 Å². The molecule has 0 atom stereocenters. The molecular weight excluding hydrogens is 383 g/mol. The van der Waals surface area contributed by atoms with E-state index < -0.39 is 11.7 Å². The second kappa shape index (κ2) is 9.55. The fourth-order valence-electron chi connectivity index (χ4n) is 3.16. The highest BCUT2D eigenvalue weighted by atomic mass is 35.5. The summed E-state index contributed by atoms with van der Waals surface area (Å²) in [5.41, 5.74) is -0.111. The highest BCUT2D eigenvalue weighted by Crippen LogP contribution is 2.21. The van der Waals surface area contributed by atoms with Crippen molar-refractivity contribution in [1.29, 1.82) is 0 Å². The zero-order valence-electron chi connectivity index (χ0n) is 15.4. The van der Waals surface area contributed by atoms with Crippen molar-refractivity contribution >= 4 is 23.4 Å². The van der Waals surface area contributed by atoms with Gasteiger partial charge in [0.1, 0.15) is 11.6 Å². The predicted molar refractivity (Wildman–Crippen MR) is 105 cm³/mol. The Kier molecular flexibility index (Phi) is 6.87. The summed E-state index contributed by atoms with van der Waals surface area (Å²) in [6.07, 6.45) is 0.894. The van der Waals surface area contributed by atoms with E-state index in [1.165, 1.54) is 18.2 Å². The molecule has 1 aliphatic rings. The third kappa shape index (κ3) is 5.01. The van der Waals surface area contributed by atoms with E-state index in [1.807, 2.05) is 30.3 Å². The Labute approximate surface area is 168 Å². The fourth-order valence-corrected chi connectivity index (χ4v) is 3.41. The summed E-state index contributed by atoms with van der Waals surface area (Å²) in [4.78, 5) is 28.4. The summed E-state index contributed by atoms with van der Waals surface area (Å²) in [6.45, 7) is 2.05. The van der Waals surface area contributed by atoms with Crippen molar-refractivity contribution in [3.8, 4) is 5.75 Å². The summed E-state index contributed by atoms with van der Waals surface area (Å²) in [7, 11) is 0. The van der Waals surface area contributed by atoms with Crippen LogP contribution in [0.3, 0.4) is 0 Å². The van der Waals surface area contributed by atoms with E-state index in [0.29, 0.717) is 39.2 Å². The second-order valence-corrected chi connectivity index (χ2v) is 6.94. The van der Waals surface area contributed by atoms with E-state index in [4.69, 9.17) is 16.3 Å². The van der Waals surface area contributed by atoms with Crippen LogP contribution in [0.25, 0.3) is 0 Å². The van der Waals surface area contributed by atoms with Crippen molar-refractivity contribution in [3.63, 3.8) is 0 Å². The Bertz CT molecular complexity index is 811. The van der Waals surface area contributed by atoms with Gasteiger partial charge >= 0.3 is 0 Å². The molecule has 28 heavy (non-hydrogen) atoms. The molecule has 1 saturated heterocycles. The molecule has 0 aromatic heterocycles. The number of amides is 2. The van der Waals surface area contributed by atoms with Crippen molar-refractivity contribution in [2.24, 2.45) is 0 Å². The Hall–Kier alpha value is -2.60. The van der Waals surface area contributed by atoms with E-state index >= 15 is 0 Å². The number of hydrogen-bond donors (Lipinski definition) is 0. The average Bonchev–Trinajstić information content (AvgIpc) is 2.95. The zero-order valence-corrected chi connectivity index (χ0v) is 16.2. The fraction of sp³-hybridized carbons (Fsp3) is 0.333. The van der Waals surface area contributed by atoms with Gasteiger partial charge in [0, 0.05) is 26.2 Å². The molecule has 0 radical (unpaired) electrons. The number of rotatable bonds is 5. The van der Waals surface area contributed by atoms with Crippen LogP contribution in [0.4, 0.5) is 4.39 Å². The maximum atomic E-state index is 14.0. The largest absolute Gasteiger partial charge is 0.493 e. The lowest BCUT2D eigenvalue weighted by Crippen LogP contribution is -2.38. The number of benzene rings is 2. The normalized spacial score (nSPS) is 14.5. The molecule has 1 fully saturated rings. The number of ether oxygens (including phenoxy) is 1. The molecule has 3 rings (SSSR count). The third-order valence-corrected chi connectivity index (χ3v) is 4.96. The van der Waals surface area contributed by atoms with Crippen molar-refractivity contribution in [2.45, 2.75) is 12.8 Å². The highest BCUT2D eigenvalue weighted by Gasteiger charge is 2.25. The number of halogens is 2. The quantitative estimate of drug-likeness (QED) is 0.764. The van der Waals surface area contributed by atoms with Gasteiger partial charge in [0.2, 0.25) is 5.91 Å². The zero-order chi connectivity index (χ0) is 19.9. The lowest BCUT2D eigenvalue weighted by atomic mass is 10.1. The minimum Gasteiger partial charge on any atom is -0.493 e. The van der Waals surface area contributed by atoms with Gasteiger partial charge in [-0.15, -0.1) is 0 Å². The number of carbonyl (C=O) groups excluding carboxylic acids is 2.